The number of hydrogen-bond donors (Lipinski definition) is 0. The van der Waals surface area contributed by atoms with Crippen LogP contribution in [0.25, 0.3) is 0 Å². The summed E-state index contributed by atoms with van der Waals surface area (Å²) in [6.45, 7) is 13.2. The highest BCUT2D eigenvalue weighted by Gasteiger charge is 2.60. The van der Waals surface area contributed by atoms with Crippen molar-refractivity contribution in [2.75, 3.05) is 13.2 Å². The summed E-state index contributed by atoms with van der Waals surface area (Å²) in [5.74, 6) is -0.461. The lowest BCUT2D eigenvalue weighted by atomic mass is 9.88. The number of carbonyl (C=O) groups excluding carboxylic acids is 1. The molecule has 0 bridgehead atoms. The first-order valence-electron chi connectivity index (χ1n) is 8.51. The first-order chi connectivity index (χ1) is 10.6. The van der Waals surface area contributed by atoms with Crippen molar-refractivity contribution in [2.24, 2.45) is 5.92 Å². The Bertz CT molecular complexity index is 467. The Morgan fingerprint density at radius 1 is 1.09 bits per heavy atom. The van der Waals surface area contributed by atoms with Gasteiger partial charge in [-0.1, -0.05) is 0 Å². The zero-order valence-corrected chi connectivity index (χ0v) is 15.0. The van der Waals surface area contributed by atoms with Gasteiger partial charge in [0.1, 0.15) is 18.1 Å². The second-order valence-corrected chi connectivity index (χ2v) is 8.68. The monoisotopic (exact) mass is 327 g/mol. The molecule has 5 atom stereocenters. The maximum absolute atomic E-state index is 12.3. The minimum atomic E-state index is -0.323. The van der Waals surface area contributed by atoms with E-state index in [-0.39, 0.29) is 47.4 Å². The molecule has 0 amide bonds. The van der Waals surface area contributed by atoms with E-state index in [0.717, 1.165) is 6.42 Å². The molecule has 0 aromatic carbocycles. The quantitative estimate of drug-likeness (QED) is 0.722. The van der Waals surface area contributed by atoms with Crippen molar-refractivity contribution in [3.8, 4) is 0 Å². The van der Waals surface area contributed by atoms with Crippen LogP contribution in [-0.2, 0) is 23.8 Å². The number of hydroxylamine groups is 2. The molecule has 0 radical (unpaired) electrons. The van der Waals surface area contributed by atoms with Crippen LogP contribution in [0.1, 0.15) is 48.0 Å². The zero-order chi connectivity index (χ0) is 17.0. The lowest BCUT2D eigenvalue weighted by Gasteiger charge is -2.36. The first kappa shape index (κ1) is 17.1. The van der Waals surface area contributed by atoms with Crippen molar-refractivity contribution in [3.63, 3.8) is 0 Å². The molecule has 3 heterocycles. The number of ether oxygens (including phenoxy) is 3. The van der Waals surface area contributed by atoms with Crippen LogP contribution in [0.5, 0.6) is 0 Å². The Kier molecular flexibility index (Phi) is 4.24. The molecule has 0 aromatic heterocycles. The molecule has 0 spiro atoms. The number of esters is 1. The van der Waals surface area contributed by atoms with Gasteiger partial charge in [0.25, 0.3) is 0 Å². The molecule has 6 heteroatoms. The fourth-order valence-corrected chi connectivity index (χ4v) is 3.75. The topological polar surface area (TPSA) is 57.2 Å². The average molecular weight is 327 g/mol. The molecule has 0 N–H and O–H groups in total. The standard InChI is InChI=1S/C17H29NO5/c1-16(2,3)21-11-9-18-13(14(11)22-17(4,5)6)12-10(23-18)7-8-20-15(12)19/h10-14H,7-9H2,1-6H3/t10-,11+,12+,13?,14-/m1/s1. The van der Waals surface area contributed by atoms with E-state index in [0.29, 0.717) is 13.2 Å². The molecule has 3 fully saturated rings. The molecule has 3 rings (SSSR count). The summed E-state index contributed by atoms with van der Waals surface area (Å²) in [7, 11) is 0. The highest BCUT2D eigenvalue weighted by molar-refractivity contribution is 5.75. The Hall–Kier alpha value is -0.690. The van der Waals surface area contributed by atoms with Gasteiger partial charge in [-0.05, 0) is 41.5 Å². The third-order valence-corrected chi connectivity index (χ3v) is 4.35. The van der Waals surface area contributed by atoms with E-state index in [4.69, 9.17) is 19.0 Å². The summed E-state index contributed by atoms with van der Waals surface area (Å²) in [5, 5.41) is 1.90. The summed E-state index contributed by atoms with van der Waals surface area (Å²) in [6, 6.07) is -0.139. The summed E-state index contributed by atoms with van der Waals surface area (Å²) in [6.07, 6.45) is 0.309. The van der Waals surface area contributed by atoms with Gasteiger partial charge < -0.3 is 14.2 Å². The molecule has 23 heavy (non-hydrogen) atoms. The predicted molar refractivity (Wildman–Crippen MR) is 83.7 cm³/mol. The van der Waals surface area contributed by atoms with Gasteiger partial charge in [0.05, 0.1) is 36.5 Å². The number of hydrogen-bond acceptors (Lipinski definition) is 6. The largest absolute Gasteiger partial charge is 0.465 e. The van der Waals surface area contributed by atoms with Gasteiger partial charge in [0.15, 0.2) is 0 Å². The van der Waals surface area contributed by atoms with Gasteiger partial charge in [-0.2, -0.15) is 5.06 Å². The van der Waals surface area contributed by atoms with Crippen LogP contribution in [0.2, 0.25) is 0 Å². The minimum absolute atomic E-state index is 0.0945. The van der Waals surface area contributed by atoms with Gasteiger partial charge in [0, 0.05) is 6.42 Å². The van der Waals surface area contributed by atoms with Crippen molar-refractivity contribution in [1.29, 1.82) is 0 Å². The lowest BCUT2D eigenvalue weighted by molar-refractivity contribution is -0.180. The maximum Gasteiger partial charge on any atom is 0.313 e. The Morgan fingerprint density at radius 2 is 1.74 bits per heavy atom. The second kappa shape index (κ2) is 5.69. The summed E-state index contributed by atoms with van der Waals surface area (Å²) in [5.41, 5.74) is -0.604. The molecule has 0 aromatic rings. The zero-order valence-electron chi connectivity index (χ0n) is 15.0. The van der Waals surface area contributed by atoms with Crippen LogP contribution in [-0.4, -0.2) is 59.7 Å². The fraction of sp³-hybridized carbons (Fsp3) is 0.941. The van der Waals surface area contributed by atoms with Crippen molar-refractivity contribution in [3.05, 3.63) is 0 Å². The Morgan fingerprint density at radius 3 is 2.35 bits per heavy atom. The highest BCUT2D eigenvalue weighted by Crippen LogP contribution is 2.43. The van der Waals surface area contributed by atoms with Crippen LogP contribution in [0, 0.1) is 5.92 Å². The molecule has 3 aliphatic rings. The smallest absolute Gasteiger partial charge is 0.313 e. The number of nitrogens with zero attached hydrogens (tertiary/aromatic N) is 1. The Balaban J connectivity index is 1.85. The third-order valence-electron chi connectivity index (χ3n) is 4.35. The molecule has 3 saturated heterocycles. The van der Waals surface area contributed by atoms with Crippen molar-refractivity contribution in [1.82, 2.24) is 5.06 Å². The van der Waals surface area contributed by atoms with Crippen molar-refractivity contribution in [2.45, 2.75) is 83.5 Å². The molecule has 0 saturated carbocycles. The van der Waals surface area contributed by atoms with Crippen molar-refractivity contribution < 1.29 is 23.8 Å². The number of carbonyl (C=O) groups is 1. The van der Waals surface area contributed by atoms with Gasteiger partial charge in [0.2, 0.25) is 0 Å². The van der Waals surface area contributed by atoms with Crippen molar-refractivity contribution >= 4 is 5.97 Å². The van der Waals surface area contributed by atoms with E-state index in [9.17, 15) is 4.79 Å². The molecule has 1 unspecified atom stereocenters. The predicted octanol–water partition coefficient (Wildman–Crippen LogP) is 1.91. The van der Waals surface area contributed by atoms with E-state index in [2.05, 4.69) is 0 Å². The number of fused-ring (bicyclic) bond motifs is 3. The van der Waals surface area contributed by atoms with Gasteiger partial charge in [-0.3, -0.25) is 9.63 Å². The number of rotatable bonds is 2. The first-order valence-corrected chi connectivity index (χ1v) is 8.51. The van der Waals surface area contributed by atoms with E-state index in [1.54, 1.807) is 0 Å². The Labute approximate surface area is 138 Å². The molecular formula is C17H29NO5. The fourth-order valence-electron chi connectivity index (χ4n) is 3.75. The van der Waals surface area contributed by atoms with Crippen LogP contribution < -0.4 is 0 Å². The summed E-state index contributed by atoms with van der Waals surface area (Å²) < 4.78 is 17.8. The minimum Gasteiger partial charge on any atom is -0.465 e. The lowest BCUT2D eigenvalue weighted by Crippen LogP contribution is -2.49. The summed E-state index contributed by atoms with van der Waals surface area (Å²) in [4.78, 5) is 18.3. The highest BCUT2D eigenvalue weighted by atomic mass is 16.7. The van der Waals surface area contributed by atoms with Crippen LogP contribution in [0.15, 0.2) is 0 Å². The molecule has 132 valence electrons. The van der Waals surface area contributed by atoms with Gasteiger partial charge in [-0.15, -0.1) is 0 Å². The van der Waals surface area contributed by atoms with Crippen LogP contribution >= 0.6 is 0 Å². The molecular weight excluding hydrogens is 298 g/mol. The SMILES string of the molecule is CC(C)(C)O[C@H]1CN2O[C@@H]3CCOC(=O)[C@@H]3C2[C@@H]1OC(C)(C)C. The number of cyclic esters (lactones) is 1. The maximum atomic E-state index is 12.3. The van der Waals surface area contributed by atoms with Gasteiger partial charge >= 0.3 is 5.97 Å². The average Bonchev–Trinajstić information content (AvgIpc) is 2.84. The molecule has 3 aliphatic heterocycles. The molecule has 0 aliphatic carbocycles. The van der Waals surface area contributed by atoms with Crippen LogP contribution in [0.4, 0.5) is 0 Å². The van der Waals surface area contributed by atoms with E-state index >= 15 is 0 Å². The second-order valence-electron chi connectivity index (χ2n) is 8.68. The molecule has 6 nitrogen and oxygen atoms in total. The van der Waals surface area contributed by atoms with E-state index < -0.39 is 0 Å². The van der Waals surface area contributed by atoms with E-state index in [1.165, 1.54) is 0 Å². The van der Waals surface area contributed by atoms with E-state index in [1.807, 2.05) is 46.6 Å². The van der Waals surface area contributed by atoms with Crippen LogP contribution in [0.3, 0.4) is 0 Å². The summed E-state index contributed by atoms with van der Waals surface area (Å²) >= 11 is 0. The van der Waals surface area contributed by atoms with Gasteiger partial charge in [-0.25, -0.2) is 0 Å². The normalized spacial score (nSPS) is 38.3. The third kappa shape index (κ3) is 3.55.